The fraction of sp³-hybridized carbons (Fsp3) is 0.529. The van der Waals surface area contributed by atoms with Crippen LogP contribution in [0.5, 0.6) is 0 Å². The number of aromatic carboxylic acids is 1. The van der Waals surface area contributed by atoms with Gasteiger partial charge in [0.25, 0.3) is 5.91 Å². The maximum Gasteiger partial charge on any atom is 0.335 e. The second-order valence-electron chi connectivity index (χ2n) is 5.85. The molecule has 5 nitrogen and oxygen atoms in total. The summed E-state index contributed by atoms with van der Waals surface area (Å²) in [6.07, 6.45) is 3.76. The van der Waals surface area contributed by atoms with Gasteiger partial charge in [0.15, 0.2) is 0 Å². The smallest absolute Gasteiger partial charge is 0.335 e. The Morgan fingerprint density at radius 3 is 2.55 bits per heavy atom. The highest BCUT2D eigenvalue weighted by Crippen LogP contribution is 2.28. The number of carboxylic acids is 1. The minimum Gasteiger partial charge on any atom is -0.478 e. The van der Waals surface area contributed by atoms with E-state index in [1.54, 1.807) is 17.0 Å². The Labute approximate surface area is 131 Å². The summed E-state index contributed by atoms with van der Waals surface area (Å²) in [4.78, 5) is 26.0. The third-order valence-corrected chi connectivity index (χ3v) is 4.28. The number of fused-ring (bicyclic) bond motifs is 1. The van der Waals surface area contributed by atoms with Gasteiger partial charge in [-0.05, 0) is 30.5 Å². The molecule has 1 aromatic carbocycles. The molecule has 0 fully saturated rings. The molecule has 120 valence electrons. The van der Waals surface area contributed by atoms with Crippen molar-refractivity contribution in [3.8, 4) is 0 Å². The minimum absolute atomic E-state index is 0.124. The fourth-order valence-corrected chi connectivity index (χ4v) is 3.33. The molecule has 0 bridgehead atoms. The Morgan fingerprint density at radius 1 is 1.36 bits per heavy atom. The van der Waals surface area contributed by atoms with Gasteiger partial charge in [-0.3, -0.25) is 4.79 Å². The summed E-state index contributed by atoms with van der Waals surface area (Å²) in [5.41, 5.74) is 7.46. The highest BCUT2D eigenvalue weighted by molar-refractivity contribution is 6.01. The van der Waals surface area contributed by atoms with Crippen molar-refractivity contribution in [1.82, 2.24) is 4.90 Å². The number of carbonyl (C=O) groups excluding carboxylic acids is 1. The number of carboxylic acid groups (broad SMARTS) is 1. The number of nitrogens with zero attached hydrogens (tertiary/aromatic N) is 1. The number of hydrogen-bond acceptors (Lipinski definition) is 3. The monoisotopic (exact) mass is 304 g/mol. The van der Waals surface area contributed by atoms with E-state index in [1.807, 2.05) is 0 Å². The number of nitrogens with two attached hydrogens (primary N) is 1. The van der Waals surface area contributed by atoms with E-state index in [9.17, 15) is 14.7 Å². The lowest BCUT2D eigenvalue weighted by atomic mass is 9.90. The van der Waals surface area contributed by atoms with E-state index in [0.29, 0.717) is 17.5 Å². The van der Waals surface area contributed by atoms with Crippen LogP contribution in [0.3, 0.4) is 0 Å². The largest absolute Gasteiger partial charge is 0.478 e. The van der Waals surface area contributed by atoms with Crippen molar-refractivity contribution in [2.75, 3.05) is 0 Å². The molecular formula is C17H24N2O3. The number of rotatable bonds is 6. The molecule has 5 heteroatoms. The highest BCUT2D eigenvalue weighted by atomic mass is 16.4. The van der Waals surface area contributed by atoms with Crippen molar-refractivity contribution in [2.24, 2.45) is 5.73 Å². The third kappa shape index (κ3) is 2.99. The standard InChI is InChI=1S/C17H24N2O3/c1-3-6-11(7-4-2)19-15(18)10-14-12(16(19)20)8-5-9-13(14)17(21)22/h5,8-9,11,15H,3-4,6-7,10,18H2,1-2H3,(H,21,22). The van der Waals surface area contributed by atoms with Crippen LogP contribution in [-0.2, 0) is 6.42 Å². The van der Waals surface area contributed by atoms with Gasteiger partial charge < -0.3 is 15.7 Å². The van der Waals surface area contributed by atoms with Gasteiger partial charge in [0, 0.05) is 18.0 Å². The van der Waals surface area contributed by atoms with Gasteiger partial charge in [0.1, 0.15) is 0 Å². The van der Waals surface area contributed by atoms with Gasteiger partial charge in [-0.25, -0.2) is 4.79 Å². The zero-order valence-corrected chi connectivity index (χ0v) is 13.2. The Bertz CT molecular complexity index is 565. The van der Waals surface area contributed by atoms with Crippen LogP contribution in [-0.4, -0.2) is 34.1 Å². The van der Waals surface area contributed by atoms with Crippen molar-refractivity contribution in [2.45, 2.75) is 58.2 Å². The second-order valence-corrected chi connectivity index (χ2v) is 5.85. The Morgan fingerprint density at radius 2 is 2.00 bits per heavy atom. The van der Waals surface area contributed by atoms with Crippen molar-refractivity contribution in [1.29, 1.82) is 0 Å². The lowest BCUT2D eigenvalue weighted by Crippen LogP contribution is -2.55. The minimum atomic E-state index is -1.01. The molecule has 1 heterocycles. The average Bonchev–Trinajstić information content (AvgIpc) is 2.47. The maximum absolute atomic E-state index is 12.8. The van der Waals surface area contributed by atoms with Crippen molar-refractivity contribution < 1.29 is 14.7 Å². The van der Waals surface area contributed by atoms with E-state index < -0.39 is 12.1 Å². The molecule has 2 rings (SSSR count). The van der Waals surface area contributed by atoms with Crippen LogP contribution in [0.2, 0.25) is 0 Å². The van der Waals surface area contributed by atoms with E-state index in [2.05, 4.69) is 13.8 Å². The SMILES string of the molecule is CCCC(CCC)N1C(=O)c2cccc(C(=O)O)c2CC1N. The van der Waals surface area contributed by atoms with E-state index >= 15 is 0 Å². The van der Waals surface area contributed by atoms with Gasteiger partial charge in [-0.1, -0.05) is 32.8 Å². The lowest BCUT2D eigenvalue weighted by molar-refractivity contribution is 0.0513. The quantitative estimate of drug-likeness (QED) is 0.846. The van der Waals surface area contributed by atoms with Crippen LogP contribution in [0.25, 0.3) is 0 Å². The van der Waals surface area contributed by atoms with E-state index in [0.717, 1.165) is 25.7 Å². The number of carbonyl (C=O) groups is 2. The zero-order valence-electron chi connectivity index (χ0n) is 13.2. The Hall–Kier alpha value is -1.88. The second kappa shape index (κ2) is 6.92. The van der Waals surface area contributed by atoms with Crippen molar-refractivity contribution in [3.63, 3.8) is 0 Å². The van der Waals surface area contributed by atoms with Gasteiger partial charge in [0.2, 0.25) is 0 Å². The molecule has 3 N–H and O–H groups in total. The van der Waals surface area contributed by atoms with Gasteiger partial charge in [-0.2, -0.15) is 0 Å². The first-order valence-corrected chi connectivity index (χ1v) is 7.94. The van der Waals surface area contributed by atoms with E-state index in [-0.39, 0.29) is 17.5 Å². The topological polar surface area (TPSA) is 83.6 Å². The van der Waals surface area contributed by atoms with Crippen LogP contribution in [0, 0.1) is 0 Å². The molecule has 0 saturated carbocycles. The van der Waals surface area contributed by atoms with Crippen molar-refractivity contribution >= 4 is 11.9 Å². The lowest BCUT2D eigenvalue weighted by Gasteiger charge is -2.40. The molecule has 0 aliphatic carbocycles. The summed E-state index contributed by atoms with van der Waals surface area (Å²) in [6, 6.07) is 4.99. The van der Waals surface area contributed by atoms with Crippen LogP contribution >= 0.6 is 0 Å². The normalized spacial score (nSPS) is 17.7. The summed E-state index contributed by atoms with van der Waals surface area (Å²) in [5.74, 6) is -1.15. The molecule has 0 aromatic heterocycles. The Kier molecular flexibility index (Phi) is 5.19. The molecule has 1 atom stereocenters. The van der Waals surface area contributed by atoms with Crippen LogP contribution < -0.4 is 5.73 Å². The number of hydrogen-bond donors (Lipinski definition) is 2. The number of benzene rings is 1. The first kappa shape index (κ1) is 16.5. The van der Waals surface area contributed by atoms with Gasteiger partial charge >= 0.3 is 5.97 Å². The Balaban J connectivity index is 2.41. The highest BCUT2D eigenvalue weighted by Gasteiger charge is 2.36. The zero-order chi connectivity index (χ0) is 16.3. The molecule has 1 amide bonds. The third-order valence-electron chi connectivity index (χ3n) is 4.28. The summed E-state index contributed by atoms with van der Waals surface area (Å²) in [7, 11) is 0. The number of amides is 1. The van der Waals surface area contributed by atoms with E-state index in [4.69, 9.17) is 5.73 Å². The van der Waals surface area contributed by atoms with Crippen LogP contribution in [0.1, 0.15) is 65.8 Å². The van der Waals surface area contributed by atoms with E-state index in [1.165, 1.54) is 6.07 Å². The molecule has 1 aliphatic heterocycles. The molecule has 0 radical (unpaired) electrons. The first-order valence-electron chi connectivity index (χ1n) is 7.94. The van der Waals surface area contributed by atoms with Gasteiger partial charge in [-0.15, -0.1) is 0 Å². The van der Waals surface area contributed by atoms with Crippen molar-refractivity contribution in [3.05, 3.63) is 34.9 Å². The fourth-order valence-electron chi connectivity index (χ4n) is 3.33. The predicted molar refractivity (Wildman–Crippen MR) is 84.9 cm³/mol. The van der Waals surface area contributed by atoms with Gasteiger partial charge in [0.05, 0.1) is 11.7 Å². The summed E-state index contributed by atoms with van der Waals surface area (Å²) < 4.78 is 0. The molecule has 0 saturated heterocycles. The van der Waals surface area contributed by atoms with Crippen LogP contribution in [0.15, 0.2) is 18.2 Å². The molecular weight excluding hydrogens is 280 g/mol. The molecule has 1 unspecified atom stereocenters. The molecule has 1 aliphatic rings. The summed E-state index contributed by atoms with van der Waals surface area (Å²) in [5, 5.41) is 9.29. The van der Waals surface area contributed by atoms with Crippen LogP contribution in [0.4, 0.5) is 0 Å². The molecule has 22 heavy (non-hydrogen) atoms. The first-order chi connectivity index (χ1) is 10.5. The summed E-state index contributed by atoms with van der Waals surface area (Å²) >= 11 is 0. The molecule has 1 aromatic rings. The average molecular weight is 304 g/mol. The predicted octanol–water partition coefficient (Wildman–Crippen LogP) is 2.64. The summed E-state index contributed by atoms with van der Waals surface area (Å²) in [6.45, 7) is 4.19. The maximum atomic E-state index is 12.8. The molecule has 0 spiro atoms.